The van der Waals surface area contributed by atoms with Gasteiger partial charge in [0, 0.05) is 0 Å². The smallest absolute Gasteiger partial charge is 0.187 e. The third-order valence-electron chi connectivity index (χ3n) is 5.40. The average molecular weight is 687 g/mol. The Balaban J connectivity index is 3.74. The molecule has 1 fully saturated rings. The molecule has 41 heavy (non-hydrogen) atoms. The Morgan fingerprint density at radius 2 is 0.951 bits per heavy atom. The first-order valence-electron chi connectivity index (χ1n) is 15.3. The average Bonchev–Trinajstić information content (AvgIpc) is 2.64. The van der Waals surface area contributed by atoms with Gasteiger partial charge in [0.1, 0.15) is 24.4 Å². The van der Waals surface area contributed by atoms with Gasteiger partial charge in [-0.3, -0.25) is 0 Å². The lowest BCUT2D eigenvalue weighted by Crippen LogP contribution is -2.67. The summed E-state index contributed by atoms with van der Waals surface area (Å²) in [5, 5.41) is 0. The quantitative estimate of drug-likeness (QED) is 0.121. The summed E-state index contributed by atoms with van der Waals surface area (Å²) in [7, 11) is -11.9. The fourth-order valence-electron chi connectivity index (χ4n) is 4.38. The van der Waals surface area contributed by atoms with Crippen molar-refractivity contribution in [3.8, 4) is 0 Å². The summed E-state index contributed by atoms with van der Waals surface area (Å²) in [5.74, 6) is 0. The first-order chi connectivity index (χ1) is 17.9. The zero-order valence-electron chi connectivity index (χ0n) is 30.0. The highest BCUT2D eigenvalue weighted by molar-refractivity contribution is 6.71. The van der Waals surface area contributed by atoms with Crippen molar-refractivity contribution in [2.24, 2.45) is 0 Å². The van der Waals surface area contributed by atoms with Crippen LogP contribution >= 0.6 is 0 Å². The highest BCUT2D eigenvalue weighted by Gasteiger charge is 2.53. The van der Waals surface area contributed by atoms with Crippen LogP contribution in [0.2, 0.25) is 118 Å². The molecule has 1 saturated heterocycles. The van der Waals surface area contributed by atoms with Crippen LogP contribution in [0.3, 0.4) is 0 Å². The summed E-state index contributed by atoms with van der Waals surface area (Å²) in [6.45, 7) is 41.9. The van der Waals surface area contributed by atoms with Gasteiger partial charge in [0.15, 0.2) is 62.5 Å². The Kier molecular flexibility index (Phi) is 14.2. The highest BCUT2D eigenvalue weighted by Crippen LogP contribution is 2.36. The Hall–Kier alpha value is 0.981. The van der Waals surface area contributed by atoms with Crippen LogP contribution in [0, 0.1) is 0 Å². The van der Waals surface area contributed by atoms with Gasteiger partial charge < -0.3 is 36.0 Å². The van der Waals surface area contributed by atoms with E-state index in [0.29, 0.717) is 6.61 Å². The summed E-state index contributed by atoms with van der Waals surface area (Å²) in [5.41, 5.74) is 0. The maximum Gasteiger partial charge on any atom is 0.187 e. The van der Waals surface area contributed by atoms with E-state index in [9.17, 15) is 0 Å². The minimum Gasteiger partial charge on any atom is -0.415 e. The first-order valence-corrected chi connectivity index (χ1v) is 35.7. The number of rotatable bonds is 16. The van der Waals surface area contributed by atoms with Crippen LogP contribution in [0.25, 0.3) is 0 Å². The van der Waals surface area contributed by atoms with Gasteiger partial charge in [-0.2, -0.15) is 0 Å². The molecule has 8 nitrogen and oxygen atoms in total. The molecule has 2 unspecified atom stereocenters. The molecule has 0 amide bonds. The molecule has 0 aromatic carbocycles. The molecule has 0 aliphatic carbocycles. The topological polar surface area (TPSA) is 73.8 Å². The fraction of sp³-hybridized carbons (Fsp3) is 1.00. The van der Waals surface area contributed by atoms with Crippen LogP contribution in [-0.4, -0.2) is 99.6 Å². The number of hydrogen-bond donors (Lipinski definition) is 0. The van der Waals surface area contributed by atoms with E-state index in [1.54, 1.807) is 0 Å². The van der Waals surface area contributed by atoms with E-state index in [2.05, 4.69) is 125 Å². The Morgan fingerprint density at radius 1 is 0.512 bits per heavy atom. The van der Waals surface area contributed by atoms with Crippen LogP contribution in [0.5, 0.6) is 0 Å². The molecule has 0 aromatic rings. The molecule has 0 spiro atoms. The summed E-state index contributed by atoms with van der Waals surface area (Å²) in [4.78, 5) is 0. The molecule has 7 atom stereocenters. The van der Waals surface area contributed by atoms with Gasteiger partial charge in [-0.05, 0) is 125 Å². The van der Waals surface area contributed by atoms with Gasteiger partial charge in [-0.15, -0.1) is 0 Å². The molecule has 1 aliphatic rings. The monoisotopic (exact) mass is 686 g/mol. The zero-order chi connectivity index (χ0) is 32.4. The SMILES string of the molecule is CC(O[Si](C)(C)C)C(O[C@H]1[C@@H](O[Si](C)(C)C)O[C@H](CO[Si](C)(C)C)[C@H](O[Si](C)(C)C)[C@@H]1O[Si](C)(C)C)O[Si](C)(C)C. The Labute approximate surface area is 259 Å². The highest BCUT2D eigenvalue weighted by atomic mass is 28.4. The minimum absolute atomic E-state index is 0.266. The van der Waals surface area contributed by atoms with Crippen molar-refractivity contribution in [3.63, 3.8) is 0 Å². The van der Waals surface area contributed by atoms with Gasteiger partial charge in [-0.1, -0.05) is 0 Å². The molecule has 14 heteroatoms. The molecule has 0 radical (unpaired) electrons. The largest absolute Gasteiger partial charge is 0.415 e. The number of hydrogen-bond acceptors (Lipinski definition) is 8. The summed E-state index contributed by atoms with van der Waals surface area (Å²) in [6.07, 6.45) is -3.19. The van der Waals surface area contributed by atoms with Crippen molar-refractivity contribution in [1.29, 1.82) is 0 Å². The number of ether oxygens (including phenoxy) is 2. The molecule has 1 aliphatic heterocycles. The molecule has 0 N–H and O–H groups in total. The van der Waals surface area contributed by atoms with Crippen LogP contribution in [-0.2, 0) is 36.0 Å². The van der Waals surface area contributed by atoms with Gasteiger partial charge >= 0.3 is 0 Å². The summed E-state index contributed by atoms with van der Waals surface area (Å²) >= 11 is 0. The third-order valence-corrected chi connectivity index (χ3v) is 11.4. The van der Waals surface area contributed by atoms with E-state index < -0.39 is 74.7 Å². The molecule has 1 heterocycles. The van der Waals surface area contributed by atoms with E-state index in [1.807, 2.05) is 0 Å². The summed E-state index contributed by atoms with van der Waals surface area (Å²) in [6, 6.07) is 0. The molecular formula is C27H66O8Si6. The van der Waals surface area contributed by atoms with Crippen molar-refractivity contribution in [2.75, 3.05) is 6.61 Å². The first kappa shape index (κ1) is 40.0. The molecule has 0 bridgehead atoms. The Morgan fingerprint density at radius 3 is 1.34 bits per heavy atom. The second kappa shape index (κ2) is 14.6. The van der Waals surface area contributed by atoms with E-state index in [0.717, 1.165) is 0 Å². The second-order valence-corrected chi connectivity index (χ2v) is 44.0. The lowest BCUT2D eigenvalue weighted by atomic mass is 9.99. The standard InChI is InChI=1S/C27H66O8Si6/c1-21(31-37(5,6)7)26(34-40(14,15)16)30-25-24(33-39(11,12)13)23(32-38(8,9)10)22(20-28-36(2,3)4)29-27(25)35-41(17,18)19/h21-27H,20H2,1-19H3/t21?,22-,23+,24+,25-,26?,27-/m1/s1. The Bertz CT molecular complexity index is 793. The fourth-order valence-corrected chi connectivity index (χ4v) is 10.3. The van der Waals surface area contributed by atoms with Gasteiger partial charge in [0.25, 0.3) is 0 Å². The van der Waals surface area contributed by atoms with Gasteiger partial charge in [-0.25, -0.2) is 0 Å². The molecule has 1 rings (SSSR count). The van der Waals surface area contributed by atoms with Gasteiger partial charge in [0.05, 0.1) is 12.7 Å². The van der Waals surface area contributed by atoms with E-state index in [1.165, 1.54) is 0 Å². The van der Waals surface area contributed by atoms with Crippen molar-refractivity contribution < 1.29 is 36.0 Å². The van der Waals surface area contributed by atoms with Crippen LogP contribution < -0.4 is 0 Å². The van der Waals surface area contributed by atoms with Crippen LogP contribution in [0.4, 0.5) is 0 Å². The third kappa shape index (κ3) is 17.3. The van der Waals surface area contributed by atoms with Crippen LogP contribution in [0.15, 0.2) is 0 Å². The van der Waals surface area contributed by atoms with Crippen LogP contribution in [0.1, 0.15) is 6.92 Å². The van der Waals surface area contributed by atoms with E-state index >= 15 is 0 Å². The lowest BCUT2D eigenvalue weighted by molar-refractivity contribution is -0.312. The maximum absolute atomic E-state index is 7.01. The zero-order valence-corrected chi connectivity index (χ0v) is 36.0. The normalized spacial score (nSPS) is 27.1. The van der Waals surface area contributed by atoms with Crippen molar-refractivity contribution in [2.45, 2.75) is 168 Å². The summed E-state index contributed by atoms with van der Waals surface area (Å²) < 4.78 is 54.2. The predicted molar refractivity (Wildman–Crippen MR) is 186 cm³/mol. The minimum atomic E-state index is -2.08. The van der Waals surface area contributed by atoms with Gasteiger partial charge in [0.2, 0.25) is 0 Å². The predicted octanol–water partition coefficient (Wildman–Crippen LogP) is 7.66. The van der Waals surface area contributed by atoms with Crippen molar-refractivity contribution in [3.05, 3.63) is 0 Å². The lowest BCUT2D eigenvalue weighted by Gasteiger charge is -2.51. The van der Waals surface area contributed by atoms with Crippen molar-refractivity contribution >= 4 is 49.9 Å². The molecule has 0 saturated carbocycles. The second-order valence-electron chi connectivity index (χ2n) is 17.2. The van der Waals surface area contributed by atoms with Crippen molar-refractivity contribution in [1.82, 2.24) is 0 Å². The molecule has 246 valence electrons. The maximum atomic E-state index is 7.01. The van der Waals surface area contributed by atoms with E-state index in [4.69, 9.17) is 36.0 Å². The van der Waals surface area contributed by atoms with E-state index in [-0.39, 0.29) is 18.3 Å². The molecule has 0 aromatic heterocycles. The molecular weight excluding hydrogens is 621 g/mol.